The maximum absolute atomic E-state index is 10.3. The number of carboxylic acids is 1. The van der Waals surface area contributed by atoms with Crippen molar-refractivity contribution in [1.82, 2.24) is 0 Å². The van der Waals surface area contributed by atoms with Gasteiger partial charge in [0.2, 0.25) is 0 Å². The largest absolute Gasteiger partial charge is 0.481 e. The topological polar surface area (TPSA) is 37.3 Å². The van der Waals surface area contributed by atoms with E-state index in [9.17, 15) is 4.79 Å². The number of rotatable bonds is 11. The molecule has 0 saturated heterocycles. The van der Waals surface area contributed by atoms with Gasteiger partial charge in [-0.2, -0.15) is 0 Å². The third-order valence-corrected chi connectivity index (χ3v) is 2.65. The van der Waals surface area contributed by atoms with Crippen LogP contribution in [0.1, 0.15) is 71.1 Å². The van der Waals surface area contributed by atoms with Crippen molar-refractivity contribution in [3.8, 4) is 0 Å². The van der Waals surface area contributed by atoms with E-state index in [-0.39, 0.29) is 25.8 Å². The number of hydrogen-bond donors (Lipinski definition) is 1. The van der Waals surface area contributed by atoms with Gasteiger partial charge in [-0.15, -0.1) is 0 Å². The molecule has 0 aromatic carbocycles. The molecule has 0 unspecified atom stereocenters. The van der Waals surface area contributed by atoms with Crippen molar-refractivity contribution in [2.75, 3.05) is 0 Å². The van der Waals surface area contributed by atoms with E-state index < -0.39 is 5.97 Å². The Bertz CT molecular complexity index is 191. The number of hydrogen-bond acceptors (Lipinski definition) is 1. The maximum Gasteiger partial charge on any atom is 0.303 e. The molecule has 0 spiro atoms. The van der Waals surface area contributed by atoms with E-state index in [0.29, 0.717) is 6.42 Å². The van der Waals surface area contributed by atoms with E-state index in [2.05, 4.69) is 19.1 Å². The summed E-state index contributed by atoms with van der Waals surface area (Å²) in [6, 6.07) is 0. The summed E-state index contributed by atoms with van der Waals surface area (Å²) >= 11 is 0. The Morgan fingerprint density at radius 3 is 2.06 bits per heavy atom. The normalized spacial score (nSPS) is 10.4. The molecule has 0 aromatic rings. The van der Waals surface area contributed by atoms with Gasteiger partial charge >= 0.3 is 5.97 Å². The molecule has 0 aliphatic rings. The number of carbonyl (C=O) groups is 1. The fraction of sp³-hybridized carbons (Fsp3) is 0.786. The molecule has 1 N–H and O–H groups in total. The number of allylic oxidation sites excluding steroid dienone is 2. The molecule has 0 bridgehead atoms. The van der Waals surface area contributed by atoms with Gasteiger partial charge in [-0.3, -0.25) is 4.79 Å². The SMILES string of the molecule is CCCCC=CCCCCCCCC(=O)O.[Sc]. The van der Waals surface area contributed by atoms with Gasteiger partial charge in [0.1, 0.15) is 0 Å². The van der Waals surface area contributed by atoms with Gasteiger partial charge in [-0.05, 0) is 25.7 Å². The summed E-state index contributed by atoms with van der Waals surface area (Å²) < 4.78 is 0. The van der Waals surface area contributed by atoms with Crippen molar-refractivity contribution in [2.24, 2.45) is 0 Å². The molecule has 0 aliphatic carbocycles. The Morgan fingerprint density at radius 1 is 0.941 bits per heavy atom. The first-order valence-electron chi connectivity index (χ1n) is 6.64. The van der Waals surface area contributed by atoms with E-state index >= 15 is 0 Å². The van der Waals surface area contributed by atoms with Crippen LogP contribution in [0.3, 0.4) is 0 Å². The van der Waals surface area contributed by atoms with Crippen LogP contribution in [0, 0.1) is 0 Å². The first-order chi connectivity index (χ1) is 7.77. The summed E-state index contributed by atoms with van der Waals surface area (Å²) in [5.41, 5.74) is 0. The Hall–Kier alpha value is 0.0801. The molecule has 1 radical (unpaired) electrons. The second-order valence-electron chi connectivity index (χ2n) is 4.31. The second-order valence-corrected chi connectivity index (χ2v) is 4.31. The molecule has 0 aromatic heterocycles. The van der Waals surface area contributed by atoms with Gasteiger partial charge in [0, 0.05) is 32.3 Å². The second kappa shape index (κ2) is 16.1. The van der Waals surface area contributed by atoms with Gasteiger partial charge in [0.15, 0.2) is 0 Å². The molecular formula is C14H26O2Sc. The van der Waals surface area contributed by atoms with Crippen molar-refractivity contribution in [3.63, 3.8) is 0 Å². The Labute approximate surface area is 125 Å². The molecule has 0 amide bonds. The summed E-state index contributed by atoms with van der Waals surface area (Å²) in [4.78, 5) is 10.3. The van der Waals surface area contributed by atoms with Crippen molar-refractivity contribution >= 4 is 5.97 Å². The van der Waals surface area contributed by atoms with Crippen LogP contribution in [0.2, 0.25) is 0 Å². The number of carboxylic acid groups (broad SMARTS) is 1. The van der Waals surface area contributed by atoms with Gasteiger partial charge in [0.25, 0.3) is 0 Å². The number of aliphatic carboxylic acids is 1. The third-order valence-electron chi connectivity index (χ3n) is 2.65. The van der Waals surface area contributed by atoms with E-state index in [1.54, 1.807) is 0 Å². The fourth-order valence-electron chi connectivity index (χ4n) is 1.63. The smallest absolute Gasteiger partial charge is 0.303 e. The molecular weight excluding hydrogens is 245 g/mol. The van der Waals surface area contributed by atoms with Crippen molar-refractivity contribution in [3.05, 3.63) is 12.2 Å². The minimum atomic E-state index is -0.668. The monoisotopic (exact) mass is 271 g/mol. The molecule has 3 heteroatoms. The molecule has 0 fully saturated rings. The van der Waals surface area contributed by atoms with Crippen LogP contribution in [0.5, 0.6) is 0 Å². The van der Waals surface area contributed by atoms with Crippen LogP contribution in [-0.4, -0.2) is 11.1 Å². The molecule has 2 nitrogen and oxygen atoms in total. The predicted molar refractivity (Wildman–Crippen MR) is 68.6 cm³/mol. The zero-order valence-electron chi connectivity index (χ0n) is 11.2. The molecule has 0 rings (SSSR count). The quantitative estimate of drug-likeness (QED) is 0.442. The van der Waals surface area contributed by atoms with Crippen molar-refractivity contribution in [2.45, 2.75) is 71.1 Å². The Balaban J connectivity index is 0. The van der Waals surface area contributed by atoms with Gasteiger partial charge in [-0.25, -0.2) is 0 Å². The first kappa shape index (κ1) is 19.4. The fourth-order valence-corrected chi connectivity index (χ4v) is 1.63. The Kier molecular flexibility index (Phi) is 18.4. The molecule has 0 atom stereocenters. The van der Waals surface area contributed by atoms with Crippen molar-refractivity contribution < 1.29 is 35.7 Å². The van der Waals surface area contributed by atoms with E-state index in [1.807, 2.05) is 0 Å². The Morgan fingerprint density at radius 2 is 1.47 bits per heavy atom. The average molecular weight is 271 g/mol. The number of unbranched alkanes of at least 4 members (excludes halogenated alkanes) is 7. The van der Waals surface area contributed by atoms with Gasteiger partial charge < -0.3 is 5.11 Å². The zero-order valence-corrected chi connectivity index (χ0v) is 13.0. The van der Waals surface area contributed by atoms with E-state index in [4.69, 9.17) is 5.11 Å². The van der Waals surface area contributed by atoms with Crippen LogP contribution >= 0.6 is 0 Å². The van der Waals surface area contributed by atoms with Crippen LogP contribution in [0.25, 0.3) is 0 Å². The molecule has 0 heterocycles. The predicted octanol–water partition coefficient (Wildman–Crippen LogP) is 4.55. The average Bonchev–Trinajstić information content (AvgIpc) is 2.25. The molecule has 0 aliphatic heterocycles. The van der Waals surface area contributed by atoms with Crippen molar-refractivity contribution in [1.29, 1.82) is 0 Å². The van der Waals surface area contributed by atoms with Crippen LogP contribution in [0.4, 0.5) is 0 Å². The summed E-state index contributed by atoms with van der Waals surface area (Å²) in [6.07, 6.45) is 15.4. The summed E-state index contributed by atoms with van der Waals surface area (Å²) in [7, 11) is 0. The standard InChI is InChI=1S/C14H26O2.Sc/c1-2-3-4-5-6-7-8-9-10-11-12-13-14(15)16;/h5-6H,2-4,7-13H2,1H3,(H,15,16);. The minimum Gasteiger partial charge on any atom is -0.481 e. The maximum atomic E-state index is 10.3. The molecule has 0 saturated carbocycles. The third kappa shape index (κ3) is 18.6. The van der Waals surface area contributed by atoms with Gasteiger partial charge in [0.05, 0.1) is 0 Å². The van der Waals surface area contributed by atoms with Crippen LogP contribution in [-0.2, 0) is 30.6 Å². The molecule has 17 heavy (non-hydrogen) atoms. The van der Waals surface area contributed by atoms with E-state index in [1.165, 1.54) is 44.9 Å². The van der Waals surface area contributed by atoms with Crippen LogP contribution < -0.4 is 0 Å². The van der Waals surface area contributed by atoms with Gasteiger partial charge in [-0.1, -0.05) is 51.2 Å². The van der Waals surface area contributed by atoms with E-state index in [0.717, 1.165) is 12.8 Å². The summed E-state index contributed by atoms with van der Waals surface area (Å²) in [6.45, 7) is 2.21. The molecule has 97 valence electrons. The first-order valence-corrected chi connectivity index (χ1v) is 6.64. The summed E-state index contributed by atoms with van der Waals surface area (Å²) in [5.74, 6) is -0.668. The summed E-state index contributed by atoms with van der Waals surface area (Å²) in [5, 5.41) is 8.45. The van der Waals surface area contributed by atoms with Crippen LogP contribution in [0.15, 0.2) is 12.2 Å². The minimum absolute atomic E-state index is 0. The zero-order chi connectivity index (χ0) is 12.1.